The van der Waals surface area contributed by atoms with Crippen LogP contribution >= 0.6 is 0 Å². The van der Waals surface area contributed by atoms with Gasteiger partial charge in [-0.15, -0.1) is 0 Å². The van der Waals surface area contributed by atoms with Crippen molar-refractivity contribution in [1.82, 2.24) is 19.9 Å². The highest BCUT2D eigenvalue weighted by molar-refractivity contribution is 5.56. The molecule has 3 N–H and O–H groups in total. The summed E-state index contributed by atoms with van der Waals surface area (Å²) < 4.78 is 5.75. The Morgan fingerprint density at radius 1 is 0.968 bits per heavy atom. The third-order valence-electron chi connectivity index (χ3n) is 4.97. The quantitative estimate of drug-likeness (QED) is 0.529. The summed E-state index contributed by atoms with van der Waals surface area (Å²) in [4.78, 5) is 17.9. The number of ether oxygens (including phenoxy) is 1. The van der Waals surface area contributed by atoms with Crippen molar-refractivity contribution in [3.05, 3.63) is 54.4 Å². The molecule has 0 aliphatic carbocycles. The first-order valence-corrected chi connectivity index (χ1v) is 10.2. The van der Waals surface area contributed by atoms with E-state index in [9.17, 15) is 5.11 Å². The van der Waals surface area contributed by atoms with E-state index in [0.29, 0.717) is 35.8 Å². The number of hydrogen-bond acceptors (Lipinski definition) is 9. The van der Waals surface area contributed by atoms with Crippen molar-refractivity contribution in [3.8, 4) is 17.2 Å². The Labute approximate surface area is 181 Å². The summed E-state index contributed by atoms with van der Waals surface area (Å²) in [5, 5.41) is 21.9. The highest BCUT2D eigenvalue weighted by atomic mass is 16.5. The predicted molar refractivity (Wildman–Crippen MR) is 118 cm³/mol. The zero-order chi connectivity index (χ0) is 21.6. The van der Waals surface area contributed by atoms with Crippen molar-refractivity contribution in [2.75, 3.05) is 49.5 Å². The van der Waals surface area contributed by atoms with Crippen molar-refractivity contribution in [2.24, 2.45) is 0 Å². The number of nitrogens with zero attached hydrogens (tertiary/aromatic N) is 5. The molecule has 1 aromatic heterocycles. The molecule has 162 valence electrons. The molecular formula is C22H26N6O3. The van der Waals surface area contributed by atoms with E-state index >= 15 is 0 Å². The first-order valence-electron chi connectivity index (χ1n) is 10.2. The number of phenolic OH excluding ortho intramolecular Hbond substituents is 1. The molecule has 0 bridgehead atoms. The highest BCUT2D eigenvalue weighted by Gasteiger charge is 2.19. The maximum absolute atomic E-state index is 9.55. The first kappa shape index (κ1) is 20.8. The molecule has 1 saturated heterocycles. The molecule has 9 nitrogen and oxygen atoms in total. The van der Waals surface area contributed by atoms with Crippen molar-refractivity contribution >= 4 is 17.6 Å². The fourth-order valence-corrected chi connectivity index (χ4v) is 3.40. The number of anilines is 3. The van der Waals surface area contributed by atoms with Gasteiger partial charge in [0.25, 0.3) is 0 Å². The van der Waals surface area contributed by atoms with E-state index in [0.717, 1.165) is 31.9 Å². The van der Waals surface area contributed by atoms with Crippen LogP contribution in [0, 0.1) is 6.92 Å². The van der Waals surface area contributed by atoms with Crippen molar-refractivity contribution < 1.29 is 14.9 Å². The number of aliphatic hydroxyl groups excluding tert-OH is 1. The van der Waals surface area contributed by atoms with E-state index in [2.05, 4.69) is 30.1 Å². The number of benzene rings is 2. The summed E-state index contributed by atoms with van der Waals surface area (Å²) in [5.41, 5.74) is 0.826. The second-order valence-corrected chi connectivity index (χ2v) is 7.31. The molecule has 4 rings (SSSR count). The third-order valence-corrected chi connectivity index (χ3v) is 4.97. The maximum Gasteiger partial charge on any atom is 0.232 e. The Kier molecular flexibility index (Phi) is 6.44. The summed E-state index contributed by atoms with van der Waals surface area (Å²) in [6.45, 7) is 6.08. The van der Waals surface area contributed by atoms with Crippen LogP contribution in [0.15, 0.2) is 48.5 Å². The fourth-order valence-electron chi connectivity index (χ4n) is 3.40. The number of piperazine rings is 1. The Bertz CT molecular complexity index is 1010. The summed E-state index contributed by atoms with van der Waals surface area (Å²) >= 11 is 0. The molecule has 1 aliphatic heterocycles. The Hall–Kier alpha value is -3.43. The maximum atomic E-state index is 9.55. The van der Waals surface area contributed by atoms with Gasteiger partial charge in [0.15, 0.2) is 0 Å². The van der Waals surface area contributed by atoms with Crippen LogP contribution in [-0.4, -0.2) is 69.4 Å². The van der Waals surface area contributed by atoms with Gasteiger partial charge in [-0.05, 0) is 43.3 Å². The summed E-state index contributed by atoms with van der Waals surface area (Å²) in [7, 11) is 0. The second kappa shape index (κ2) is 9.59. The van der Waals surface area contributed by atoms with Gasteiger partial charge in [0, 0.05) is 44.5 Å². The Morgan fingerprint density at radius 3 is 2.45 bits per heavy atom. The van der Waals surface area contributed by atoms with Crippen molar-refractivity contribution in [2.45, 2.75) is 6.92 Å². The van der Waals surface area contributed by atoms with E-state index < -0.39 is 0 Å². The average Bonchev–Trinajstić information content (AvgIpc) is 2.76. The molecule has 3 aromatic rings. The zero-order valence-corrected chi connectivity index (χ0v) is 17.4. The van der Waals surface area contributed by atoms with Gasteiger partial charge in [0.2, 0.25) is 11.9 Å². The SMILES string of the molecule is Cc1nc(Nc2ccc(Oc3cccc(O)c3)cc2)nc(N2CCN(CCO)CC2)n1. The normalized spacial score (nSPS) is 14.5. The molecule has 0 unspecified atom stereocenters. The van der Waals surface area contributed by atoms with Crippen LogP contribution in [-0.2, 0) is 0 Å². The molecular weight excluding hydrogens is 396 g/mol. The lowest BCUT2D eigenvalue weighted by Gasteiger charge is -2.34. The van der Waals surface area contributed by atoms with Gasteiger partial charge in [0.05, 0.1) is 6.61 Å². The van der Waals surface area contributed by atoms with Crippen LogP contribution in [0.5, 0.6) is 17.2 Å². The largest absolute Gasteiger partial charge is 0.508 e. The lowest BCUT2D eigenvalue weighted by Crippen LogP contribution is -2.47. The van der Waals surface area contributed by atoms with E-state index in [1.807, 2.05) is 31.2 Å². The lowest BCUT2D eigenvalue weighted by atomic mass is 10.3. The number of phenols is 1. The number of aromatic nitrogens is 3. The minimum absolute atomic E-state index is 0.159. The fraction of sp³-hybridized carbons (Fsp3) is 0.318. The van der Waals surface area contributed by atoms with Gasteiger partial charge >= 0.3 is 0 Å². The van der Waals surface area contributed by atoms with Gasteiger partial charge in [-0.3, -0.25) is 4.90 Å². The zero-order valence-electron chi connectivity index (χ0n) is 17.4. The minimum atomic E-state index is 0.159. The number of β-amino-alcohol motifs (C(OH)–C–C–N with tert-alkyl or cyclic N) is 1. The number of aryl methyl sites for hydroxylation is 1. The Balaban J connectivity index is 1.41. The number of aromatic hydroxyl groups is 1. The molecule has 0 spiro atoms. The van der Waals surface area contributed by atoms with Crippen LogP contribution in [0.3, 0.4) is 0 Å². The summed E-state index contributed by atoms with van der Waals surface area (Å²) in [6.07, 6.45) is 0. The standard InChI is InChI=1S/C22H26N6O3/c1-16-23-21(26-22(24-16)28-11-9-27(10-12-28)13-14-29)25-17-5-7-19(8-6-17)31-20-4-2-3-18(30)15-20/h2-8,15,29-30H,9-14H2,1H3,(H,23,24,25,26). The number of nitrogens with one attached hydrogen (secondary N) is 1. The van der Waals surface area contributed by atoms with E-state index in [-0.39, 0.29) is 12.4 Å². The monoisotopic (exact) mass is 422 g/mol. The predicted octanol–water partition coefficient (Wildman–Crippen LogP) is 2.54. The van der Waals surface area contributed by atoms with E-state index in [1.54, 1.807) is 24.3 Å². The van der Waals surface area contributed by atoms with Crippen LogP contribution in [0.2, 0.25) is 0 Å². The molecule has 0 atom stereocenters. The molecule has 1 fully saturated rings. The second-order valence-electron chi connectivity index (χ2n) is 7.31. The van der Waals surface area contributed by atoms with Gasteiger partial charge in [-0.1, -0.05) is 6.07 Å². The lowest BCUT2D eigenvalue weighted by molar-refractivity contribution is 0.188. The van der Waals surface area contributed by atoms with Gasteiger partial charge in [-0.25, -0.2) is 0 Å². The smallest absolute Gasteiger partial charge is 0.232 e. The molecule has 0 saturated carbocycles. The molecule has 2 heterocycles. The van der Waals surface area contributed by atoms with E-state index in [4.69, 9.17) is 9.84 Å². The van der Waals surface area contributed by atoms with Crippen molar-refractivity contribution in [1.29, 1.82) is 0 Å². The number of rotatable bonds is 7. The van der Waals surface area contributed by atoms with Crippen molar-refractivity contribution in [3.63, 3.8) is 0 Å². The molecule has 2 aromatic carbocycles. The van der Waals surface area contributed by atoms with Gasteiger partial charge in [0.1, 0.15) is 23.1 Å². The van der Waals surface area contributed by atoms with Gasteiger partial charge < -0.3 is 25.2 Å². The van der Waals surface area contributed by atoms with Crippen LogP contribution in [0.4, 0.5) is 17.6 Å². The molecule has 1 aliphatic rings. The third kappa shape index (κ3) is 5.59. The molecule has 0 radical (unpaired) electrons. The molecule has 9 heteroatoms. The van der Waals surface area contributed by atoms with Crippen LogP contribution < -0.4 is 15.0 Å². The van der Waals surface area contributed by atoms with Gasteiger partial charge in [-0.2, -0.15) is 15.0 Å². The number of aliphatic hydroxyl groups is 1. The Morgan fingerprint density at radius 2 is 1.74 bits per heavy atom. The topological polar surface area (TPSA) is 107 Å². The number of hydrogen-bond donors (Lipinski definition) is 3. The summed E-state index contributed by atoms with van der Waals surface area (Å²) in [5.74, 6) is 3.17. The first-order chi connectivity index (χ1) is 15.1. The average molecular weight is 422 g/mol. The summed E-state index contributed by atoms with van der Waals surface area (Å²) in [6, 6.07) is 14.1. The molecule has 31 heavy (non-hydrogen) atoms. The van der Waals surface area contributed by atoms with Crippen LogP contribution in [0.25, 0.3) is 0 Å². The molecule has 0 amide bonds. The van der Waals surface area contributed by atoms with E-state index in [1.165, 1.54) is 0 Å². The minimum Gasteiger partial charge on any atom is -0.508 e. The van der Waals surface area contributed by atoms with Crippen LogP contribution in [0.1, 0.15) is 5.82 Å². The highest BCUT2D eigenvalue weighted by Crippen LogP contribution is 2.26.